The Morgan fingerprint density at radius 1 is 1.09 bits per heavy atom. The van der Waals surface area contributed by atoms with Crippen LogP contribution in [0.4, 0.5) is 18.9 Å². The van der Waals surface area contributed by atoms with Crippen molar-refractivity contribution in [1.29, 1.82) is 0 Å². The van der Waals surface area contributed by atoms with Gasteiger partial charge in [0, 0.05) is 12.5 Å². The van der Waals surface area contributed by atoms with Crippen LogP contribution in [0.3, 0.4) is 0 Å². The first-order valence-electron chi connectivity index (χ1n) is 6.77. The summed E-state index contributed by atoms with van der Waals surface area (Å²) < 4.78 is 39.5. The molecule has 0 radical (unpaired) electrons. The molecule has 23 heavy (non-hydrogen) atoms. The Hall–Kier alpha value is -2.83. The van der Waals surface area contributed by atoms with Gasteiger partial charge in [0.2, 0.25) is 6.10 Å². The summed E-state index contributed by atoms with van der Waals surface area (Å²) in [5, 5.41) is 6.05. The summed E-state index contributed by atoms with van der Waals surface area (Å²) in [6, 6.07) is 8.33. The summed E-state index contributed by atoms with van der Waals surface area (Å²) in [5.74, 6) is -2.45. The molecule has 118 valence electrons. The minimum atomic E-state index is -0.960. The van der Waals surface area contributed by atoms with Gasteiger partial charge in [-0.1, -0.05) is 17.3 Å². The van der Waals surface area contributed by atoms with Gasteiger partial charge in [-0.3, -0.25) is 4.79 Å². The second kappa shape index (κ2) is 6.12. The molecular weight excluding hydrogens is 309 g/mol. The molecule has 0 spiro atoms. The number of halogens is 3. The van der Waals surface area contributed by atoms with Crippen LogP contribution >= 0.6 is 0 Å². The van der Waals surface area contributed by atoms with Gasteiger partial charge in [-0.25, -0.2) is 13.2 Å². The number of amides is 1. The van der Waals surface area contributed by atoms with Crippen molar-refractivity contribution in [3.05, 3.63) is 65.5 Å². The van der Waals surface area contributed by atoms with Crippen LogP contribution in [0.15, 0.2) is 47.6 Å². The van der Waals surface area contributed by atoms with E-state index >= 15 is 0 Å². The zero-order valence-electron chi connectivity index (χ0n) is 11.7. The molecule has 1 amide bonds. The van der Waals surface area contributed by atoms with Gasteiger partial charge in [0.15, 0.2) is 0 Å². The molecule has 4 nitrogen and oxygen atoms in total. The highest BCUT2D eigenvalue weighted by atomic mass is 19.1. The van der Waals surface area contributed by atoms with Crippen molar-refractivity contribution in [2.45, 2.75) is 12.5 Å². The Morgan fingerprint density at radius 3 is 2.52 bits per heavy atom. The van der Waals surface area contributed by atoms with E-state index in [0.29, 0.717) is 11.3 Å². The average Bonchev–Trinajstić information content (AvgIpc) is 3.02. The first-order chi connectivity index (χ1) is 11.0. The predicted octanol–water partition coefficient (Wildman–Crippen LogP) is 3.24. The smallest absolute Gasteiger partial charge is 0.268 e. The number of benzene rings is 2. The molecule has 2 aromatic carbocycles. The molecule has 0 aromatic heterocycles. The lowest BCUT2D eigenvalue weighted by Gasteiger charge is -2.10. The molecule has 7 heteroatoms. The maximum absolute atomic E-state index is 13.5. The zero-order valence-corrected chi connectivity index (χ0v) is 11.7. The van der Waals surface area contributed by atoms with E-state index in [9.17, 15) is 18.0 Å². The lowest BCUT2D eigenvalue weighted by atomic mass is 10.0. The summed E-state index contributed by atoms with van der Waals surface area (Å²) >= 11 is 0. The van der Waals surface area contributed by atoms with E-state index in [-0.39, 0.29) is 17.9 Å². The fourth-order valence-electron chi connectivity index (χ4n) is 2.14. The van der Waals surface area contributed by atoms with Gasteiger partial charge in [-0.05, 0) is 29.8 Å². The molecule has 3 rings (SSSR count). The van der Waals surface area contributed by atoms with Crippen LogP contribution in [-0.4, -0.2) is 17.7 Å². The molecule has 1 heterocycles. The van der Waals surface area contributed by atoms with Crippen molar-refractivity contribution in [2.75, 3.05) is 5.32 Å². The fourth-order valence-corrected chi connectivity index (χ4v) is 2.14. The monoisotopic (exact) mass is 320 g/mol. The number of rotatable bonds is 3. The van der Waals surface area contributed by atoms with Crippen LogP contribution < -0.4 is 5.32 Å². The van der Waals surface area contributed by atoms with E-state index in [2.05, 4.69) is 10.5 Å². The van der Waals surface area contributed by atoms with Crippen molar-refractivity contribution in [2.24, 2.45) is 5.16 Å². The largest absolute Gasteiger partial charge is 0.382 e. The van der Waals surface area contributed by atoms with Gasteiger partial charge in [-0.2, -0.15) is 0 Å². The van der Waals surface area contributed by atoms with Gasteiger partial charge in [0.1, 0.15) is 17.5 Å². The molecule has 0 aliphatic carbocycles. The molecule has 1 aliphatic rings. The Balaban J connectivity index is 1.66. The van der Waals surface area contributed by atoms with Crippen LogP contribution in [0.25, 0.3) is 0 Å². The quantitative estimate of drug-likeness (QED) is 0.944. The lowest BCUT2D eigenvalue weighted by molar-refractivity contribution is -0.125. The third-order valence-corrected chi connectivity index (χ3v) is 3.33. The van der Waals surface area contributed by atoms with E-state index < -0.39 is 23.6 Å². The number of oxime groups is 1. The fraction of sp³-hybridized carbons (Fsp3) is 0.125. The highest BCUT2D eigenvalue weighted by Crippen LogP contribution is 2.20. The van der Waals surface area contributed by atoms with Gasteiger partial charge in [0.25, 0.3) is 5.91 Å². The Kier molecular flexibility index (Phi) is 4.01. The zero-order chi connectivity index (χ0) is 16.4. The number of carbonyl (C=O) groups is 1. The summed E-state index contributed by atoms with van der Waals surface area (Å²) in [4.78, 5) is 17.1. The molecule has 1 N–H and O–H groups in total. The predicted molar refractivity (Wildman–Crippen MR) is 77.4 cm³/mol. The topological polar surface area (TPSA) is 50.7 Å². The number of nitrogens with one attached hydrogen (secondary N) is 1. The van der Waals surface area contributed by atoms with Gasteiger partial charge >= 0.3 is 0 Å². The van der Waals surface area contributed by atoms with Crippen molar-refractivity contribution in [1.82, 2.24) is 0 Å². The van der Waals surface area contributed by atoms with Gasteiger partial charge < -0.3 is 10.2 Å². The summed E-state index contributed by atoms with van der Waals surface area (Å²) in [6.45, 7) is 0. The van der Waals surface area contributed by atoms with Crippen LogP contribution in [0.1, 0.15) is 12.0 Å². The van der Waals surface area contributed by atoms with Crippen LogP contribution in [-0.2, 0) is 9.63 Å². The van der Waals surface area contributed by atoms with E-state index in [1.807, 2.05) is 0 Å². The first-order valence-corrected chi connectivity index (χ1v) is 6.77. The van der Waals surface area contributed by atoms with Crippen molar-refractivity contribution in [3.63, 3.8) is 0 Å². The molecule has 2 aromatic rings. The standard InChI is InChI=1S/C16H11F3N2O2/c17-10-3-1-9(2-4-10)13-8-15(23-21-13)16(22)20-14-7-11(18)5-6-12(14)19/h1-7,15H,8H2,(H,20,22). The van der Waals surface area contributed by atoms with Crippen LogP contribution in [0.2, 0.25) is 0 Å². The van der Waals surface area contributed by atoms with Gasteiger partial charge in [-0.15, -0.1) is 0 Å². The molecule has 0 saturated carbocycles. The maximum Gasteiger partial charge on any atom is 0.268 e. The Labute approximate surface area is 129 Å². The maximum atomic E-state index is 13.5. The molecule has 0 bridgehead atoms. The third-order valence-electron chi connectivity index (χ3n) is 3.33. The SMILES string of the molecule is O=C(Nc1cc(F)ccc1F)C1CC(c2ccc(F)cc2)=NO1. The first kappa shape index (κ1) is 15.1. The highest BCUT2D eigenvalue weighted by molar-refractivity contribution is 6.06. The molecular formula is C16H11F3N2O2. The minimum absolute atomic E-state index is 0.147. The van der Waals surface area contributed by atoms with Crippen molar-refractivity contribution >= 4 is 17.3 Å². The highest BCUT2D eigenvalue weighted by Gasteiger charge is 2.29. The molecule has 1 unspecified atom stereocenters. The Morgan fingerprint density at radius 2 is 1.78 bits per heavy atom. The summed E-state index contributed by atoms with van der Waals surface area (Å²) in [6.07, 6.45) is -0.813. The Bertz CT molecular complexity index is 775. The molecule has 1 aliphatic heterocycles. The normalized spacial score (nSPS) is 16.7. The van der Waals surface area contributed by atoms with E-state index in [4.69, 9.17) is 4.84 Å². The van der Waals surface area contributed by atoms with Crippen LogP contribution in [0.5, 0.6) is 0 Å². The summed E-state index contributed by atoms with van der Waals surface area (Å²) in [7, 11) is 0. The van der Waals surface area contributed by atoms with Crippen molar-refractivity contribution < 1.29 is 22.8 Å². The number of hydrogen-bond donors (Lipinski definition) is 1. The van der Waals surface area contributed by atoms with Crippen LogP contribution in [0, 0.1) is 17.5 Å². The molecule has 0 fully saturated rings. The number of hydrogen-bond acceptors (Lipinski definition) is 3. The van der Waals surface area contributed by atoms with E-state index in [1.54, 1.807) is 0 Å². The second-order valence-electron chi connectivity index (χ2n) is 4.96. The molecule has 1 atom stereocenters. The van der Waals surface area contributed by atoms with E-state index in [0.717, 1.165) is 18.2 Å². The number of nitrogens with zero attached hydrogens (tertiary/aromatic N) is 1. The minimum Gasteiger partial charge on any atom is -0.382 e. The third kappa shape index (κ3) is 3.33. The number of anilines is 1. The molecule has 0 saturated heterocycles. The lowest BCUT2D eigenvalue weighted by Crippen LogP contribution is -2.28. The van der Waals surface area contributed by atoms with Crippen molar-refractivity contribution in [3.8, 4) is 0 Å². The van der Waals surface area contributed by atoms with E-state index in [1.165, 1.54) is 24.3 Å². The average molecular weight is 320 g/mol. The summed E-state index contributed by atoms with van der Waals surface area (Å²) in [5.41, 5.74) is 0.831. The van der Waals surface area contributed by atoms with Gasteiger partial charge in [0.05, 0.1) is 11.4 Å². The second-order valence-corrected chi connectivity index (χ2v) is 4.96. The number of carbonyl (C=O) groups excluding carboxylic acids is 1.